The summed E-state index contributed by atoms with van der Waals surface area (Å²) in [5, 5.41) is 0. The van der Waals surface area contributed by atoms with Crippen LogP contribution in [-0.4, -0.2) is 12.1 Å². The van der Waals surface area contributed by atoms with Crippen LogP contribution in [0.5, 0.6) is 5.75 Å². The second-order valence-corrected chi connectivity index (χ2v) is 5.11. The number of nitrogens with zero attached hydrogens (tertiary/aromatic N) is 1. The largest absolute Gasteiger partial charge is 0.497 e. The molecule has 0 aliphatic rings. The molecule has 3 nitrogen and oxygen atoms in total. The van der Waals surface area contributed by atoms with Crippen molar-refractivity contribution in [2.45, 2.75) is 0 Å². The first-order valence-corrected chi connectivity index (χ1v) is 6.54. The van der Waals surface area contributed by atoms with E-state index in [0.29, 0.717) is 5.89 Å². The highest BCUT2D eigenvalue weighted by Gasteiger charge is 2.08. The Bertz CT molecular complexity index is 689. The lowest BCUT2D eigenvalue weighted by atomic mass is 10.2. The van der Waals surface area contributed by atoms with Gasteiger partial charge in [0.05, 0.1) is 7.11 Å². The first-order chi connectivity index (χ1) is 8.76. The van der Waals surface area contributed by atoms with Crippen LogP contribution in [0.3, 0.4) is 0 Å². The maximum absolute atomic E-state index is 5.74. The van der Waals surface area contributed by atoms with E-state index in [4.69, 9.17) is 9.15 Å². The Labute approximate surface area is 118 Å². The Morgan fingerprint density at radius 2 is 1.89 bits per heavy atom. The molecule has 0 unspecified atom stereocenters. The van der Waals surface area contributed by atoms with Crippen molar-refractivity contribution in [3.63, 3.8) is 0 Å². The minimum atomic E-state index is 0.634. The van der Waals surface area contributed by atoms with Crippen LogP contribution >= 0.6 is 22.6 Å². The lowest BCUT2D eigenvalue weighted by Crippen LogP contribution is -1.80. The van der Waals surface area contributed by atoms with Crippen LogP contribution < -0.4 is 4.74 Å². The summed E-state index contributed by atoms with van der Waals surface area (Å²) >= 11 is 2.27. The maximum Gasteiger partial charge on any atom is 0.227 e. The number of hydrogen-bond donors (Lipinski definition) is 0. The van der Waals surface area contributed by atoms with Crippen molar-refractivity contribution in [1.82, 2.24) is 4.98 Å². The molecule has 0 N–H and O–H groups in total. The van der Waals surface area contributed by atoms with Crippen LogP contribution in [0.4, 0.5) is 0 Å². The highest BCUT2D eigenvalue weighted by molar-refractivity contribution is 14.1. The van der Waals surface area contributed by atoms with Gasteiger partial charge in [-0.1, -0.05) is 0 Å². The molecule has 0 saturated heterocycles. The fraction of sp³-hybridized carbons (Fsp3) is 0.0714. The summed E-state index contributed by atoms with van der Waals surface area (Å²) in [5.41, 5.74) is 2.55. The van der Waals surface area contributed by atoms with Crippen LogP contribution in [0.25, 0.3) is 22.6 Å². The molecule has 0 amide bonds. The Hall–Kier alpha value is -1.56. The summed E-state index contributed by atoms with van der Waals surface area (Å²) in [4.78, 5) is 4.46. The predicted octanol–water partition coefficient (Wildman–Crippen LogP) is 4.11. The van der Waals surface area contributed by atoms with E-state index in [1.165, 1.54) is 3.57 Å². The molecule has 4 heteroatoms. The van der Waals surface area contributed by atoms with Crippen LogP contribution in [-0.2, 0) is 0 Å². The highest BCUT2D eigenvalue weighted by Crippen LogP contribution is 2.27. The van der Waals surface area contributed by atoms with Crippen molar-refractivity contribution < 1.29 is 9.15 Å². The summed E-state index contributed by atoms with van der Waals surface area (Å²) in [6.45, 7) is 0. The normalized spacial score (nSPS) is 10.8. The second kappa shape index (κ2) is 4.61. The van der Waals surface area contributed by atoms with Crippen molar-refractivity contribution in [3.05, 3.63) is 46.0 Å². The first-order valence-electron chi connectivity index (χ1n) is 5.47. The zero-order chi connectivity index (χ0) is 12.5. The SMILES string of the molecule is COc1ccc2nc(-c3ccc(I)cc3)oc2c1. The molecule has 0 radical (unpaired) electrons. The van der Waals surface area contributed by atoms with E-state index in [1.807, 2.05) is 42.5 Å². The second-order valence-electron chi connectivity index (χ2n) is 3.86. The number of benzene rings is 2. The monoisotopic (exact) mass is 351 g/mol. The van der Waals surface area contributed by atoms with Crippen molar-refractivity contribution in [2.24, 2.45) is 0 Å². The van der Waals surface area contributed by atoms with E-state index < -0.39 is 0 Å². The summed E-state index contributed by atoms with van der Waals surface area (Å²) in [7, 11) is 1.64. The minimum absolute atomic E-state index is 0.634. The van der Waals surface area contributed by atoms with Gasteiger partial charge in [0.1, 0.15) is 11.3 Å². The zero-order valence-corrected chi connectivity index (χ0v) is 11.8. The molecule has 1 aromatic heterocycles. The number of aromatic nitrogens is 1. The summed E-state index contributed by atoms with van der Waals surface area (Å²) in [5.74, 6) is 1.41. The van der Waals surface area contributed by atoms with Gasteiger partial charge in [0.15, 0.2) is 5.58 Å². The lowest BCUT2D eigenvalue weighted by Gasteiger charge is -1.96. The number of rotatable bonds is 2. The number of hydrogen-bond acceptors (Lipinski definition) is 3. The molecular weight excluding hydrogens is 341 g/mol. The summed E-state index contributed by atoms with van der Waals surface area (Å²) in [6, 6.07) is 13.7. The third-order valence-corrected chi connectivity index (χ3v) is 3.41. The van der Waals surface area contributed by atoms with Crippen LogP contribution in [0, 0.1) is 3.57 Å². The minimum Gasteiger partial charge on any atom is -0.497 e. The van der Waals surface area contributed by atoms with Gasteiger partial charge in [-0.05, 0) is 59.0 Å². The van der Waals surface area contributed by atoms with Gasteiger partial charge in [-0.2, -0.15) is 0 Å². The third-order valence-electron chi connectivity index (χ3n) is 2.69. The van der Waals surface area contributed by atoms with Gasteiger partial charge in [0.25, 0.3) is 0 Å². The van der Waals surface area contributed by atoms with E-state index in [2.05, 4.69) is 27.6 Å². The number of halogens is 1. The number of methoxy groups -OCH3 is 1. The smallest absolute Gasteiger partial charge is 0.227 e. The van der Waals surface area contributed by atoms with Crippen LogP contribution in [0.2, 0.25) is 0 Å². The Morgan fingerprint density at radius 1 is 1.11 bits per heavy atom. The number of fused-ring (bicyclic) bond motifs is 1. The Kier molecular flexibility index (Phi) is 2.95. The Morgan fingerprint density at radius 3 is 2.61 bits per heavy atom. The molecular formula is C14H10INO2. The topological polar surface area (TPSA) is 35.3 Å². The van der Waals surface area contributed by atoms with E-state index in [0.717, 1.165) is 22.4 Å². The van der Waals surface area contributed by atoms with E-state index in [9.17, 15) is 0 Å². The van der Waals surface area contributed by atoms with Gasteiger partial charge >= 0.3 is 0 Å². The molecule has 0 spiro atoms. The van der Waals surface area contributed by atoms with Gasteiger partial charge in [-0.3, -0.25) is 0 Å². The number of oxazole rings is 1. The molecule has 0 saturated carbocycles. The fourth-order valence-corrected chi connectivity index (χ4v) is 2.11. The van der Waals surface area contributed by atoms with E-state index in [-0.39, 0.29) is 0 Å². The fourth-order valence-electron chi connectivity index (χ4n) is 1.75. The molecule has 0 aliphatic carbocycles. The summed E-state index contributed by atoms with van der Waals surface area (Å²) < 4.78 is 12.1. The molecule has 0 aliphatic heterocycles. The van der Waals surface area contributed by atoms with E-state index in [1.54, 1.807) is 7.11 Å². The van der Waals surface area contributed by atoms with Crippen molar-refractivity contribution in [2.75, 3.05) is 7.11 Å². The molecule has 0 fully saturated rings. The molecule has 3 aromatic rings. The van der Waals surface area contributed by atoms with Gasteiger partial charge in [-0.25, -0.2) is 4.98 Å². The van der Waals surface area contributed by atoms with Crippen LogP contribution in [0.1, 0.15) is 0 Å². The molecule has 0 atom stereocenters. The van der Waals surface area contributed by atoms with Crippen molar-refractivity contribution >= 4 is 33.7 Å². The molecule has 90 valence electrons. The predicted molar refractivity (Wildman–Crippen MR) is 78.7 cm³/mol. The van der Waals surface area contributed by atoms with Crippen molar-refractivity contribution in [3.8, 4) is 17.2 Å². The molecule has 1 heterocycles. The molecule has 3 rings (SSSR count). The molecule has 2 aromatic carbocycles. The zero-order valence-electron chi connectivity index (χ0n) is 9.68. The Balaban J connectivity index is 2.10. The third kappa shape index (κ3) is 2.08. The highest BCUT2D eigenvalue weighted by atomic mass is 127. The molecule has 18 heavy (non-hydrogen) atoms. The quantitative estimate of drug-likeness (QED) is 0.652. The van der Waals surface area contributed by atoms with Gasteiger partial charge in [0.2, 0.25) is 5.89 Å². The van der Waals surface area contributed by atoms with Gasteiger partial charge in [0, 0.05) is 15.2 Å². The standard InChI is InChI=1S/C14H10INO2/c1-17-11-6-7-12-13(8-11)18-14(16-12)9-2-4-10(15)5-3-9/h2-8H,1H3. The average molecular weight is 351 g/mol. The number of ether oxygens (including phenoxy) is 1. The first kappa shape index (κ1) is 11.5. The maximum atomic E-state index is 5.74. The van der Waals surface area contributed by atoms with Crippen molar-refractivity contribution in [1.29, 1.82) is 0 Å². The van der Waals surface area contributed by atoms with Gasteiger partial charge < -0.3 is 9.15 Å². The van der Waals surface area contributed by atoms with E-state index >= 15 is 0 Å². The molecule has 0 bridgehead atoms. The average Bonchev–Trinajstić information content (AvgIpc) is 2.82. The lowest BCUT2D eigenvalue weighted by molar-refractivity contribution is 0.414. The summed E-state index contributed by atoms with van der Waals surface area (Å²) in [6.07, 6.45) is 0. The van der Waals surface area contributed by atoms with Gasteiger partial charge in [-0.15, -0.1) is 0 Å². The van der Waals surface area contributed by atoms with Crippen LogP contribution in [0.15, 0.2) is 46.9 Å².